The van der Waals surface area contributed by atoms with Gasteiger partial charge in [-0.2, -0.15) is 0 Å². The molecule has 1 aromatic rings. The topological polar surface area (TPSA) is 76.7 Å². The molecule has 0 radical (unpaired) electrons. The Kier molecular flexibility index (Phi) is 6.36. The van der Waals surface area contributed by atoms with Gasteiger partial charge in [0.25, 0.3) is 5.91 Å². The number of nitrogens with one attached hydrogen (secondary N) is 2. The molecule has 3 rings (SSSR count). The van der Waals surface area contributed by atoms with Crippen LogP contribution in [0.2, 0.25) is 0 Å². The molecule has 1 heterocycles. The lowest BCUT2D eigenvalue weighted by Crippen LogP contribution is -2.52. The molecule has 142 valence electrons. The Bertz CT molecular complexity index is 626. The molecule has 0 aromatic heterocycles. The molecular formula is C20H28N2O4. The molecule has 0 spiro atoms. The third kappa shape index (κ3) is 4.68. The van der Waals surface area contributed by atoms with Crippen LogP contribution >= 0.6 is 0 Å². The molecule has 2 amide bonds. The lowest BCUT2D eigenvalue weighted by molar-refractivity contribution is -0.136. The van der Waals surface area contributed by atoms with Gasteiger partial charge in [-0.3, -0.25) is 20.4 Å². The van der Waals surface area contributed by atoms with E-state index in [0.29, 0.717) is 11.5 Å². The van der Waals surface area contributed by atoms with Gasteiger partial charge in [0.2, 0.25) is 12.0 Å². The van der Waals surface area contributed by atoms with E-state index in [1.807, 2.05) is 12.1 Å². The number of rotatable bonds is 5. The zero-order chi connectivity index (χ0) is 18.4. The third-order valence-electron chi connectivity index (χ3n) is 5.29. The highest BCUT2D eigenvalue weighted by Crippen LogP contribution is 2.32. The Morgan fingerprint density at radius 1 is 1.04 bits per heavy atom. The Labute approximate surface area is 154 Å². The predicted octanol–water partition coefficient (Wildman–Crippen LogP) is 2.97. The molecule has 6 nitrogen and oxygen atoms in total. The van der Waals surface area contributed by atoms with Gasteiger partial charge in [-0.05, 0) is 43.7 Å². The first-order valence-corrected chi connectivity index (χ1v) is 9.65. The number of hydrogen-bond donors (Lipinski definition) is 2. The van der Waals surface area contributed by atoms with Gasteiger partial charge in [0.05, 0.1) is 0 Å². The van der Waals surface area contributed by atoms with Crippen LogP contribution in [0.5, 0.6) is 11.5 Å². The monoisotopic (exact) mass is 360 g/mol. The molecule has 1 fully saturated rings. The van der Waals surface area contributed by atoms with Gasteiger partial charge in [0.1, 0.15) is 6.61 Å². The van der Waals surface area contributed by atoms with Crippen LogP contribution in [-0.2, 0) is 9.59 Å². The summed E-state index contributed by atoms with van der Waals surface area (Å²) in [7, 11) is 0. The highest BCUT2D eigenvalue weighted by Gasteiger charge is 2.29. The third-order valence-corrected chi connectivity index (χ3v) is 5.29. The number of amides is 2. The summed E-state index contributed by atoms with van der Waals surface area (Å²) in [5.41, 5.74) is 5.04. The predicted molar refractivity (Wildman–Crippen MR) is 97.6 cm³/mol. The number of hydrogen-bond acceptors (Lipinski definition) is 4. The molecule has 1 aromatic carbocycles. The second-order valence-corrected chi connectivity index (χ2v) is 7.20. The number of para-hydroxylation sites is 2. The number of carbonyl (C=O) groups excluding carboxylic acids is 2. The van der Waals surface area contributed by atoms with Crippen molar-refractivity contribution in [2.24, 2.45) is 11.8 Å². The Hall–Kier alpha value is -2.24. The van der Waals surface area contributed by atoms with Crippen molar-refractivity contribution < 1.29 is 19.1 Å². The lowest BCUT2D eigenvalue weighted by Gasteiger charge is -2.28. The van der Waals surface area contributed by atoms with Crippen molar-refractivity contribution in [2.45, 2.75) is 58.0 Å². The van der Waals surface area contributed by atoms with Crippen LogP contribution in [0.3, 0.4) is 0 Å². The second kappa shape index (κ2) is 8.92. The van der Waals surface area contributed by atoms with E-state index in [2.05, 4.69) is 17.8 Å². The number of unbranched alkanes of at least 4 members (excludes halogenated alkanes) is 1. The smallest absolute Gasteiger partial charge is 0.283 e. The van der Waals surface area contributed by atoms with E-state index in [0.717, 1.165) is 31.6 Å². The van der Waals surface area contributed by atoms with E-state index >= 15 is 0 Å². The molecule has 1 atom stereocenters. The summed E-state index contributed by atoms with van der Waals surface area (Å²) in [5.74, 6) is 1.39. The van der Waals surface area contributed by atoms with Crippen LogP contribution in [0.1, 0.15) is 51.9 Å². The molecule has 1 unspecified atom stereocenters. The minimum Gasteiger partial charge on any atom is -0.485 e. The summed E-state index contributed by atoms with van der Waals surface area (Å²) < 4.78 is 11.2. The Morgan fingerprint density at radius 2 is 1.73 bits per heavy atom. The van der Waals surface area contributed by atoms with Crippen LogP contribution in [0.15, 0.2) is 24.3 Å². The minimum atomic E-state index is -0.769. The van der Waals surface area contributed by atoms with Gasteiger partial charge in [0.15, 0.2) is 11.5 Å². The van der Waals surface area contributed by atoms with Crippen LogP contribution in [0, 0.1) is 11.8 Å². The average molecular weight is 360 g/mol. The Balaban J connectivity index is 1.40. The van der Waals surface area contributed by atoms with Crippen molar-refractivity contribution in [3.8, 4) is 11.5 Å². The van der Waals surface area contributed by atoms with Gasteiger partial charge < -0.3 is 9.47 Å². The summed E-state index contributed by atoms with van der Waals surface area (Å²) >= 11 is 0. The van der Waals surface area contributed by atoms with E-state index in [1.54, 1.807) is 12.1 Å². The maximum atomic E-state index is 12.3. The lowest BCUT2D eigenvalue weighted by atomic mass is 9.79. The molecule has 1 aliphatic heterocycles. The first-order chi connectivity index (χ1) is 12.7. The number of hydrazine groups is 1. The molecule has 1 aliphatic carbocycles. The molecule has 6 heteroatoms. The SMILES string of the molecule is CCCCC1CCC(C(=O)NNC(=O)C2COc3ccccc3O2)CC1. The standard InChI is InChI=1S/C20H28N2O4/c1-2-3-6-14-9-11-15(12-10-14)19(23)21-22-20(24)18-13-25-16-7-4-5-8-17(16)26-18/h4-5,7-8,14-15,18H,2-3,6,9-13H2,1H3,(H,21,23)(H,22,24). The maximum Gasteiger partial charge on any atom is 0.283 e. The van der Waals surface area contributed by atoms with Crippen molar-refractivity contribution in [1.29, 1.82) is 0 Å². The largest absolute Gasteiger partial charge is 0.485 e. The van der Waals surface area contributed by atoms with Gasteiger partial charge in [-0.25, -0.2) is 0 Å². The quantitative estimate of drug-likeness (QED) is 0.792. The van der Waals surface area contributed by atoms with Crippen LogP contribution in [-0.4, -0.2) is 24.5 Å². The molecule has 0 bridgehead atoms. The first-order valence-electron chi connectivity index (χ1n) is 9.65. The summed E-state index contributed by atoms with van der Waals surface area (Å²) in [6.45, 7) is 2.34. The highest BCUT2D eigenvalue weighted by atomic mass is 16.6. The number of fused-ring (bicyclic) bond motifs is 1. The molecule has 1 saturated carbocycles. The summed E-state index contributed by atoms with van der Waals surface area (Å²) in [4.78, 5) is 24.5. The van der Waals surface area contributed by atoms with Crippen molar-refractivity contribution in [2.75, 3.05) is 6.61 Å². The van der Waals surface area contributed by atoms with Crippen molar-refractivity contribution in [1.82, 2.24) is 10.9 Å². The van der Waals surface area contributed by atoms with Crippen LogP contribution < -0.4 is 20.3 Å². The van der Waals surface area contributed by atoms with Crippen LogP contribution in [0.25, 0.3) is 0 Å². The average Bonchev–Trinajstić information content (AvgIpc) is 2.70. The van der Waals surface area contributed by atoms with Crippen molar-refractivity contribution in [3.05, 3.63) is 24.3 Å². The first kappa shape index (κ1) is 18.5. The minimum absolute atomic E-state index is 0.0163. The van der Waals surface area contributed by atoms with Gasteiger partial charge in [-0.15, -0.1) is 0 Å². The number of benzene rings is 1. The molecule has 2 N–H and O–H groups in total. The van der Waals surface area contributed by atoms with Crippen LogP contribution in [0.4, 0.5) is 0 Å². The molecule has 0 saturated heterocycles. The number of ether oxygens (including phenoxy) is 2. The highest BCUT2D eigenvalue weighted by molar-refractivity contribution is 5.86. The van der Waals surface area contributed by atoms with E-state index in [9.17, 15) is 9.59 Å². The zero-order valence-corrected chi connectivity index (χ0v) is 15.3. The molecule has 26 heavy (non-hydrogen) atoms. The normalized spacial score (nSPS) is 24.6. The van der Waals surface area contributed by atoms with Gasteiger partial charge >= 0.3 is 0 Å². The second-order valence-electron chi connectivity index (χ2n) is 7.20. The summed E-state index contributed by atoms with van der Waals surface area (Å²) in [5, 5.41) is 0. The summed E-state index contributed by atoms with van der Waals surface area (Å²) in [6, 6.07) is 7.22. The van der Waals surface area contributed by atoms with E-state index in [1.165, 1.54) is 19.3 Å². The fourth-order valence-electron chi connectivity index (χ4n) is 3.66. The van der Waals surface area contributed by atoms with E-state index in [-0.39, 0.29) is 18.4 Å². The zero-order valence-electron chi connectivity index (χ0n) is 15.3. The van der Waals surface area contributed by atoms with E-state index in [4.69, 9.17) is 9.47 Å². The fraction of sp³-hybridized carbons (Fsp3) is 0.600. The van der Waals surface area contributed by atoms with Gasteiger partial charge in [0, 0.05) is 5.92 Å². The molecular weight excluding hydrogens is 332 g/mol. The number of carbonyl (C=O) groups is 2. The van der Waals surface area contributed by atoms with Crippen molar-refractivity contribution in [3.63, 3.8) is 0 Å². The fourth-order valence-corrected chi connectivity index (χ4v) is 3.66. The van der Waals surface area contributed by atoms with Gasteiger partial charge in [-0.1, -0.05) is 38.3 Å². The van der Waals surface area contributed by atoms with Crippen molar-refractivity contribution >= 4 is 11.8 Å². The summed E-state index contributed by atoms with van der Waals surface area (Å²) in [6.07, 6.45) is 6.98. The molecule has 2 aliphatic rings. The maximum absolute atomic E-state index is 12.3. The Morgan fingerprint density at radius 3 is 2.46 bits per heavy atom. The van der Waals surface area contributed by atoms with E-state index < -0.39 is 12.0 Å².